The van der Waals surface area contributed by atoms with Gasteiger partial charge in [-0.1, -0.05) is 76.6 Å². The second-order valence-corrected chi connectivity index (χ2v) is 11.2. The molecule has 0 saturated heterocycles. The molecule has 0 spiro atoms. The number of carbonyl (C=O) groups excluding carboxylic acids is 1. The van der Waals surface area contributed by atoms with Crippen LogP contribution in [-0.2, 0) is 21.2 Å². The van der Waals surface area contributed by atoms with Gasteiger partial charge in [0, 0.05) is 11.0 Å². The Balaban J connectivity index is 1.42. The first kappa shape index (κ1) is 27.3. The lowest BCUT2D eigenvalue weighted by Crippen LogP contribution is -2.40. The molecule has 7 nitrogen and oxygen atoms in total. The summed E-state index contributed by atoms with van der Waals surface area (Å²) in [6.07, 6.45) is 1.94. The van der Waals surface area contributed by atoms with Crippen molar-refractivity contribution in [2.45, 2.75) is 11.3 Å². The van der Waals surface area contributed by atoms with Gasteiger partial charge < -0.3 is 4.74 Å². The molecule has 4 aromatic rings. The normalized spacial score (nSPS) is 11.5. The van der Waals surface area contributed by atoms with Crippen LogP contribution in [0.4, 0.5) is 0 Å². The van der Waals surface area contributed by atoms with Gasteiger partial charge in [0.1, 0.15) is 11.5 Å². The van der Waals surface area contributed by atoms with Gasteiger partial charge in [-0.25, -0.2) is 13.8 Å². The third kappa shape index (κ3) is 7.85. The fourth-order valence-electron chi connectivity index (χ4n) is 3.60. The number of hydrazone groups is 1. The van der Waals surface area contributed by atoms with Crippen molar-refractivity contribution >= 4 is 38.1 Å². The highest BCUT2D eigenvalue weighted by molar-refractivity contribution is 9.10. The zero-order valence-electron chi connectivity index (χ0n) is 20.4. The number of benzene rings is 4. The van der Waals surface area contributed by atoms with Gasteiger partial charge in [0.25, 0.3) is 5.91 Å². The van der Waals surface area contributed by atoms with Crippen LogP contribution in [-0.4, -0.2) is 37.9 Å². The summed E-state index contributed by atoms with van der Waals surface area (Å²) in [4.78, 5) is 12.8. The van der Waals surface area contributed by atoms with E-state index in [0.717, 1.165) is 10.0 Å². The maximum absolute atomic E-state index is 13.4. The summed E-state index contributed by atoms with van der Waals surface area (Å²) in [7, 11) is -3.91. The second-order valence-electron chi connectivity index (χ2n) is 8.31. The van der Waals surface area contributed by atoms with Crippen LogP contribution in [0.15, 0.2) is 124 Å². The lowest BCUT2D eigenvalue weighted by atomic mass is 10.1. The molecular formula is C29H26BrN3O4S. The van der Waals surface area contributed by atoms with Gasteiger partial charge in [-0.3, -0.25) is 4.79 Å². The molecule has 0 aliphatic rings. The summed E-state index contributed by atoms with van der Waals surface area (Å²) in [6.45, 7) is -0.238. The Hall–Kier alpha value is -3.79. The number of carbonyl (C=O) groups is 1. The van der Waals surface area contributed by atoms with Gasteiger partial charge in [0.2, 0.25) is 10.0 Å². The fourth-order valence-corrected chi connectivity index (χ4v) is 5.26. The standard InChI is InChI=1S/C29H26BrN3O4S/c30-25-14-16-28(17-15-25)38(35,36)33(19-18-23-8-3-1-4-9-23)22-29(34)32-31-21-24-10-7-13-27(20-24)37-26-11-5-2-6-12-26/h1-17,20-21H,18-19,22H2,(H,32,34)/b31-21-. The quantitative estimate of drug-likeness (QED) is 0.181. The predicted molar refractivity (Wildman–Crippen MR) is 152 cm³/mol. The van der Waals surface area contributed by atoms with Crippen molar-refractivity contribution in [3.63, 3.8) is 0 Å². The van der Waals surface area contributed by atoms with Gasteiger partial charge in [0.15, 0.2) is 0 Å². The Labute approximate surface area is 231 Å². The van der Waals surface area contributed by atoms with Gasteiger partial charge in [-0.05, 0) is 66.1 Å². The van der Waals surface area contributed by atoms with Crippen LogP contribution in [0.5, 0.6) is 11.5 Å². The molecule has 9 heteroatoms. The number of amides is 1. The molecule has 0 aliphatic heterocycles. The van der Waals surface area contributed by atoms with E-state index in [0.29, 0.717) is 23.5 Å². The molecule has 0 unspecified atom stereocenters. The SMILES string of the molecule is O=C(CN(CCc1ccccc1)S(=O)(=O)c1ccc(Br)cc1)N/N=C\c1cccc(Oc2ccccc2)c1. The van der Waals surface area contributed by atoms with Crippen molar-refractivity contribution < 1.29 is 17.9 Å². The van der Waals surface area contributed by atoms with E-state index in [1.54, 1.807) is 18.2 Å². The van der Waals surface area contributed by atoms with Gasteiger partial charge in [-0.2, -0.15) is 9.41 Å². The number of rotatable bonds is 11. The van der Waals surface area contributed by atoms with Crippen LogP contribution in [0.3, 0.4) is 0 Å². The highest BCUT2D eigenvalue weighted by Gasteiger charge is 2.26. The number of halogens is 1. The zero-order valence-corrected chi connectivity index (χ0v) is 22.8. The van der Waals surface area contributed by atoms with Gasteiger partial charge >= 0.3 is 0 Å². The highest BCUT2D eigenvalue weighted by atomic mass is 79.9. The molecule has 0 heterocycles. The zero-order chi connectivity index (χ0) is 26.8. The minimum Gasteiger partial charge on any atom is -0.457 e. The molecule has 4 aromatic carbocycles. The van der Waals surface area contributed by atoms with Crippen molar-refractivity contribution in [2.75, 3.05) is 13.1 Å². The molecule has 0 fully saturated rings. The van der Waals surface area contributed by atoms with Crippen LogP contribution < -0.4 is 10.2 Å². The number of nitrogens with one attached hydrogen (secondary N) is 1. The summed E-state index contributed by atoms with van der Waals surface area (Å²) in [5.41, 5.74) is 4.12. The lowest BCUT2D eigenvalue weighted by Gasteiger charge is -2.21. The third-order valence-electron chi connectivity index (χ3n) is 5.50. The minimum absolute atomic E-state index is 0.111. The lowest BCUT2D eigenvalue weighted by molar-refractivity contribution is -0.121. The van der Waals surface area contributed by atoms with Crippen molar-refractivity contribution in [2.24, 2.45) is 5.10 Å². The molecular weight excluding hydrogens is 566 g/mol. The Morgan fingerprint density at radius 1 is 0.868 bits per heavy atom. The first-order valence-electron chi connectivity index (χ1n) is 11.8. The number of para-hydroxylation sites is 1. The second kappa shape index (κ2) is 13.1. The number of sulfonamides is 1. The minimum atomic E-state index is -3.91. The van der Waals surface area contributed by atoms with Crippen LogP contribution in [0, 0.1) is 0 Å². The van der Waals surface area contributed by atoms with E-state index in [2.05, 4.69) is 26.5 Å². The first-order valence-corrected chi connectivity index (χ1v) is 14.1. The fraction of sp³-hybridized carbons (Fsp3) is 0.103. The van der Waals surface area contributed by atoms with Crippen LogP contribution >= 0.6 is 15.9 Å². The van der Waals surface area contributed by atoms with Crippen molar-refractivity contribution in [1.29, 1.82) is 0 Å². The first-order chi connectivity index (χ1) is 18.4. The van der Waals surface area contributed by atoms with Crippen molar-refractivity contribution in [1.82, 2.24) is 9.73 Å². The summed E-state index contributed by atoms with van der Waals surface area (Å²) < 4.78 is 34.5. The maximum Gasteiger partial charge on any atom is 0.255 e. The Kier molecular flexibility index (Phi) is 9.42. The van der Waals surface area contributed by atoms with E-state index in [9.17, 15) is 13.2 Å². The van der Waals surface area contributed by atoms with E-state index in [1.165, 1.54) is 22.7 Å². The van der Waals surface area contributed by atoms with E-state index >= 15 is 0 Å². The summed E-state index contributed by atoms with van der Waals surface area (Å²) in [5.74, 6) is 0.781. The summed E-state index contributed by atoms with van der Waals surface area (Å²) >= 11 is 3.32. The molecule has 0 atom stereocenters. The average Bonchev–Trinajstić information content (AvgIpc) is 2.92. The summed E-state index contributed by atoms with van der Waals surface area (Å²) in [5, 5.41) is 4.02. The number of hydrogen-bond acceptors (Lipinski definition) is 5. The van der Waals surface area contributed by atoms with Gasteiger partial charge in [0.05, 0.1) is 17.7 Å². The topological polar surface area (TPSA) is 88.1 Å². The molecule has 0 radical (unpaired) electrons. The van der Waals surface area contributed by atoms with E-state index < -0.39 is 15.9 Å². The van der Waals surface area contributed by atoms with E-state index in [-0.39, 0.29) is 18.0 Å². The number of nitrogens with zero attached hydrogens (tertiary/aromatic N) is 2. The van der Waals surface area contributed by atoms with Crippen molar-refractivity contribution in [3.05, 3.63) is 125 Å². The molecule has 0 aliphatic carbocycles. The van der Waals surface area contributed by atoms with Crippen LogP contribution in [0.1, 0.15) is 11.1 Å². The van der Waals surface area contributed by atoms with Crippen LogP contribution in [0.25, 0.3) is 0 Å². The monoisotopic (exact) mass is 591 g/mol. The average molecular weight is 593 g/mol. The Morgan fingerprint density at radius 2 is 1.53 bits per heavy atom. The largest absolute Gasteiger partial charge is 0.457 e. The smallest absolute Gasteiger partial charge is 0.255 e. The molecule has 38 heavy (non-hydrogen) atoms. The number of hydrogen-bond donors (Lipinski definition) is 1. The third-order valence-corrected chi connectivity index (χ3v) is 7.89. The molecule has 4 rings (SSSR count). The summed E-state index contributed by atoms with van der Waals surface area (Å²) in [6, 6.07) is 32.5. The molecule has 0 saturated carbocycles. The molecule has 0 bridgehead atoms. The molecule has 194 valence electrons. The van der Waals surface area contributed by atoms with Gasteiger partial charge in [-0.15, -0.1) is 0 Å². The number of ether oxygens (including phenoxy) is 1. The van der Waals surface area contributed by atoms with E-state index in [1.807, 2.05) is 78.9 Å². The Morgan fingerprint density at radius 3 is 2.24 bits per heavy atom. The molecule has 0 aromatic heterocycles. The van der Waals surface area contributed by atoms with E-state index in [4.69, 9.17) is 4.74 Å². The van der Waals surface area contributed by atoms with Crippen LogP contribution in [0.2, 0.25) is 0 Å². The molecule has 1 amide bonds. The highest BCUT2D eigenvalue weighted by Crippen LogP contribution is 2.22. The molecule has 1 N–H and O–H groups in total. The maximum atomic E-state index is 13.4. The van der Waals surface area contributed by atoms with Crippen molar-refractivity contribution in [3.8, 4) is 11.5 Å². The Bertz CT molecular complexity index is 1480. The predicted octanol–water partition coefficient (Wildman–Crippen LogP) is 5.63.